The van der Waals surface area contributed by atoms with E-state index in [2.05, 4.69) is 13.2 Å². The fourth-order valence-electron chi connectivity index (χ4n) is 0. The van der Waals surface area contributed by atoms with Crippen LogP contribution in [0.15, 0.2) is 0 Å². The molecule has 0 aromatic heterocycles. The Morgan fingerprint density at radius 2 is 1.83 bits per heavy atom. The molecule has 0 rings (SSSR count). The first-order valence-electron chi connectivity index (χ1n) is 1.28. The van der Waals surface area contributed by atoms with Crippen LogP contribution in [0.2, 0.25) is 0 Å². The van der Waals surface area contributed by atoms with Gasteiger partial charge >= 0.3 is 0 Å². The fraction of sp³-hybridized carbons (Fsp3) is 0.500. The second kappa shape index (κ2) is 16.1. The predicted molar refractivity (Wildman–Crippen MR) is 29.9 cm³/mol. The molecular weight excluding hydrogens is 169 g/mol. The van der Waals surface area contributed by atoms with Gasteiger partial charge in [0.2, 0.25) is 0 Å². The van der Waals surface area contributed by atoms with E-state index >= 15 is 0 Å². The first kappa shape index (κ1) is 15.7. The third kappa shape index (κ3) is 18.0. The van der Waals surface area contributed by atoms with Gasteiger partial charge in [-0.3, -0.25) is 6.26 Å². The van der Waals surface area contributed by atoms with Crippen LogP contribution in [0.25, 0.3) is 0 Å². The molecule has 1 radical (unpaired) electrons. The van der Waals surface area contributed by atoms with Crippen molar-refractivity contribution in [2.75, 3.05) is 5.75 Å². The Morgan fingerprint density at radius 3 is 1.83 bits per heavy atom. The standard InChI is InChI=1S/C3H7S.CH3.Y/c1-3-4-2;;/h2-3H2,1H3;1H3;/q2*-1;. The Labute approximate surface area is 70.3 Å². The summed E-state index contributed by atoms with van der Waals surface area (Å²) in [5.41, 5.74) is 0. The molecule has 0 unspecified atom stereocenters. The van der Waals surface area contributed by atoms with Crippen molar-refractivity contribution in [1.29, 1.82) is 0 Å². The van der Waals surface area contributed by atoms with Crippen LogP contribution in [0.5, 0.6) is 0 Å². The Balaban J connectivity index is -0.0000000450. The van der Waals surface area contributed by atoms with Crippen molar-refractivity contribution in [2.45, 2.75) is 6.92 Å². The van der Waals surface area contributed by atoms with E-state index in [0.717, 1.165) is 5.75 Å². The molecule has 0 fully saturated rings. The SMILES string of the molecule is [CH2-]SCC.[CH3-].[Y]. The molecule has 0 aliphatic carbocycles. The molecule has 0 saturated heterocycles. The zero-order chi connectivity index (χ0) is 3.41. The molecule has 0 aromatic rings. The average Bonchev–Trinajstić information content (AvgIpc) is 1.37. The molecular formula is C4H10SY-2. The van der Waals surface area contributed by atoms with Crippen LogP contribution >= 0.6 is 11.8 Å². The summed E-state index contributed by atoms with van der Waals surface area (Å²) in [5.74, 6) is 1.12. The van der Waals surface area contributed by atoms with Gasteiger partial charge in [-0.2, -0.15) is 0 Å². The van der Waals surface area contributed by atoms with Crippen molar-refractivity contribution in [1.82, 2.24) is 0 Å². The maximum atomic E-state index is 3.52. The van der Waals surface area contributed by atoms with Crippen molar-refractivity contribution in [3.63, 3.8) is 0 Å². The normalized spacial score (nSPS) is 5.00. The van der Waals surface area contributed by atoms with Gasteiger partial charge in [0.05, 0.1) is 0 Å². The molecule has 6 heavy (non-hydrogen) atoms. The van der Waals surface area contributed by atoms with E-state index in [9.17, 15) is 0 Å². The van der Waals surface area contributed by atoms with E-state index < -0.39 is 0 Å². The van der Waals surface area contributed by atoms with Crippen molar-refractivity contribution in [3.05, 3.63) is 13.7 Å². The maximum Gasteiger partial charge on any atom is 0 e. The van der Waals surface area contributed by atoms with Gasteiger partial charge < -0.3 is 19.2 Å². The minimum Gasteiger partial charge on any atom is -0.358 e. The quantitative estimate of drug-likeness (QED) is 0.554. The topological polar surface area (TPSA) is 0 Å². The molecule has 0 nitrogen and oxygen atoms in total. The van der Waals surface area contributed by atoms with Crippen molar-refractivity contribution >= 4 is 11.8 Å². The second-order valence-electron chi connectivity index (χ2n) is 0.493. The third-order valence-electron chi connectivity index (χ3n) is 0.204. The van der Waals surface area contributed by atoms with E-state index in [-0.39, 0.29) is 40.1 Å². The summed E-state index contributed by atoms with van der Waals surface area (Å²) in [6, 6.07) is 0. The first-order chi connectivity index (χ1) is 1.91. The molecule has 0 aliphatic heterocycles. The van der Waals surface area contributed by atoms with E-state index in [1.165, 1.54) is 0 Å². The van der Waals surface area contributed by atoms with Gasteiger partial charge in [-0.1, -0.05) is 6.92 Å². The number of thioether (sulfide) groups is 1. The van der Waals surface area contributed by atoms with Gasteiger partial charge in [0, 0.05) is 32.7 Å². The number of hydrogen-bond donors (Lipinski definition) is 0. The average molecular weight is 179 g/mol. The van der Waals surface area contributed by atoms with Crippen LogP contribution in [0, 0.1) is 13.7 Å². The minimum absolute atomic E-state index is 0. The van der Waals surface area contributed by atoms with Crippen molar-refractivity contribution in [2.24, 2.45) is 0 Å². The Bertz CT molecular complexity index is 9.51. The summed E-state index contributed by atoms with van der Waals surface area (Å²) >= 11 is 1.61. The summed E-state index contributed by atoms with van der Waals surface area (Å²) in [6.45, 7) is 2.08. The zero-order valence-corrected chi connectivity index (χ0v) is 8.05. The minimum atomic E-state index is 0. The molecule has 37 valence electrons. The molecule has 0 heterocycles. The first-order valence-corrected chi connectivity index (χ1v) is 2.44. The van der Waals surface area contributed by atoms with Crippen LogP contribution in [-0.2, 0) is 32.7 Å². The van der Waals surface area contributed by atoms with Crippen LogP contribution in [-0.4, -0.2) is 5.75 Å². The van der Waals surface area contributed by atoms with E-state index in [0.29, 0.717) is 0 Å². The monoisotopic (exact) mass is 179 g/mol. The largest absolute Gasteiger partial charge is 0.358 e. The zero-order valence-electron chi connectivity index (χ0n) is 4.40. The van der Waals surface area contributed by atoms with Gasteiger partial charge in [0.1, 0.15) is 0 Å². The smallest absolute Gasteiger partial charge is 0 e. The van der Waals surface area contributed by atoms with Crippen molar-refractivity contribution in [3.8, 4) is 0 Å². The van der Waals surface area contributed by atoms with E-state index in [1.54, 1.807) is 11.8 Å². The van der Waals surface area contributed by atoms with Crippen LogP contribution in [0.1, 0.15) is 6.92 Å². The van der Waals surface area contributed by atoms with Gasteiger partial charge in [-0.15, -0.1) is 0 Å². The third-order valence-corrected chi connectivity index (χ3v) is 0.612. The molecule has 0 saturated carbocycles. The second-order valence-corrected chi connectivity index (χ2v) is 1.48. The Kier molecular flexibility index (Phi) is 42.0. The van der Waals surface area contributed by atoms with Gasteiger partial charge in [0.15, 0.2) is 0 Å². The predicted octanol–water partition coefficient (Wildman–Crippen LogP) is 1.98. The Morgan fingerprint density at radius 1 is 1.67 bits per heavy atom. The molecule has 0 amide bonds. The van der Waals surface area contributed by atoms with Crippen LogP contribution in [0.3, 0.4) is 0 Å². The van der Waals surface area contributed by atoms with Gasteiger partial charge in [0.25, 0.3) is 0 Å². The number of rotatable bonds is 1. The molecule has 0 atom stereocenters. The van der Waals surface area contributed by atoms with E-state index in [1.807, 2.05) is 0 Å². The molecule has 0 bridgehead atoms. The maximum absolute atomic E-state index is 3.52. The molecule has 0 aromatic carbocycles. The van der Waals surface area contributed by atoms with Crippen LogP contribution in [0.4, 0.5) is 0 Å². The Hall–Kier alpha value is 1.45. The van der Waals surface area contributed by atoms with Gasteiger partial charge in [-0.05, 0) is 5.75 Å². The molecule has 0 N–H and O–H groups in total. The summed E-state index contributed by atoms with van der Waals surface area (Å²) in [5, 5.41) is 0. The molecule has 0 aliphatic rings. The summed E-state index contributed by atoms with van der Waals surface area (Å²) < 4.78 is 0. The number of hydrogen-bond acceptors (Lipinski definition) is 1. The molecule has 0 spiro atoms. The van der Waals surface area contributed by atoms with Crippen LogP contribution < -0.4 is 0 Å². The van der Waals surface area contributed by atoms with E-state index in [4.69, 9.17) is 0 Å². The summed E-state index contributed by atoms with van der Waals surface area (Å²) in [6.07, 6.45) is 3.52. The van der Waals surface area contributed by atoms with Crippen molar-refractivity contribution < 1.29 is 32.7 Å². The fourth-order valence-corrected chi connectivity index (χ4v) is 0. The summed E-state index contributed by atoms with van der Waals surface area (Å²) in [4.78, 5) is 0. The summed E-state index contributed by atoms with van der Waals surface area (Å²) in [7, 11) is 0. The van der Waals surface area contributed by atoms with Gasteiger partial charge in [-0.25, -0.2) is 0 Å². The molecule has 2 heteroatoms.